The van der Waals surface area contributed by atoms with Gasteiger partial charge in [0, 0.05) is 0 Å². The van der Waals surface area contributed by atoms with Crippen LogP contribution in [0.2, 0.25) is 5.02 Å². The Morgan fingerprint density at radius 1 is 1.15 bits per heavy atom. The van der Waals surface area contributed by atoms with Gasteiger partial charge in [-0.25, -0.2) is 12.9 Å². The van der Waals surface area contributed by atoms with Gasteiger partial charge in [0.25, 0.3) is 10.0 Å². The predicted molar refractivity (Wildman–Crippen MR) is 91.8 cm³/mol. The number of benzene rings is 1. The second-order valence-electron chi connectivity index (χ2n) is 5.48. The van der Waals surface area contributed by atoms with Crippen molar-refractivity contribution in [2.45, 2.75) is 24.4 Å². The monoisotopic (exact) mass is 403 g/mol. The van der Waals surface area contributed by atoms with Crippen molar-refractivity contribution >= 4 is 33.0 Å². The second kappa shape index (κ2) is 6.48. The lowest BCUT2D eigenvalue weighted by molar-refractivity contribution is -0.137. The average molecular weight is 404 g/mol. The maximum absolute atomic E-state index is 12.6. The maximum atomic E-state index is 12.6. The van der Waals surface area contributed by atoms with Crippen LogP contribution < -0.4 is 4.72 Å². The zero-order valence-electron chi connectivity index (χ0n) is 13.4. The zero-order chi connectivity index (χ0) is 19.1. The molecule has 0 unspecified atom stereocenters. The molecule has 0 saturated heterocycles. The van der Waals surface area contributed by atoms with Crippen LogP contribution >= 0.6 is 11.6 Å². The summed E-state index contributed by atoms with van der Waals surface area (Å²) in [5.74, 6) is 0.129. The first-order valence-corrected chi connectivity index (χ1v) is 9.35. The number of sulfonamides is 1. The summed E-state index contributed by atoms with van der Waals surface area (Å²) in [6.07, 6.45) is -3.91. The Bertz CT molecular complexity index is 1060. The van der Waals surface area contributed by atoms with E-state index in [1.807, 2.05) is 6.92 Å². The zero-order valence-corrected chi connectivity index (χ0v) is 15.0. The molecule has 1 N–H and O–H groups in total. The highest BCUT2D eigenvalue weighted by Gasteiger charge is 2.30. The molecule has 10 heteroatoms. The van der Waals surface area contributed by atoms with Crippen LogP contribution in [-0.4, -0.2) is 18.0 Å². The molecule has 3 rings (SSSR count). The van der Waals surface area contributed by atoms with Gasteiger partial charge in [0.2, 0.25) is 0 Å². The lowest BCUT2D eigenvalue weighted by Gasteiger charge is -2.11. The number of anilines is 1. The van der Waals surface area contributed by atoms with Crippen LogP contribution in [0.3, 0.4) is 0 Å². The van der Waals surface area contributed by atoms with Gasteiger partial charge in [0.1, 0.15) is 5.82 Å². The van der Waals surface area contributed by atoms with Crippen molar-refractivity contribution in [3.8, 4) is 0 Å². The molecule has 0 atom stereocenters. The van der Waals surface area contributed by atoms with Crippen molar-refractivity contribution in [1.29, 1.82) is 0 Å². The summed E-state index contributed by atoms with van der Waals surface area (Å²) in [6, 6.07) is 7.92. The van der Waals surface area contributed by atoms with Crippen molar-refractivity contribution < 1.29 is 21.6 Å². The molecular weight excluding hydrogens is 391 g/mol. The van der Waals surface area contributed by atoms with Crippen molar-refractivity contribution in [3.63, 3.8) is 0 Å². The number of aromatic nitrogens is 2. The Kier molecular flexibility index (Phi) is 4.61. The fourth-order valence-corrected chi connectivity index (χ4v) is 3.60. The fraction of sp³-hybridized carbons (Fsp3) is 0.188. The van der Waals surface area contributed by atoms with Crippen LogP contribution in [0.1, 0.15) is 18.2 Å². The molecule has 1 aromatic carbocycles. The van der Waals surface area contributed by atoms with Crippen LogP contribution in [0.4, 0.5) is 19.0 Å². The quantitative estimate of drug-likeness (QED) is 0.703. The Labute approximate surface area is 152 Å². The van der Waals surface area contributed by atoms with Gasteiger partial charge in [-0.3, -0.25) is 4.72 Å². The molecule has 138 valence electrons. The SMILES string of the molecule is CCc1cc2c(Cl)ccc(NS(=O)(=O)c3ccc(C(F)(F)F)cc3)n2n1. The van der Waals surface area contributed by atoms with Gasteiger partial charge in [-0.15, -0.1) is 0 Å². The summed E-state index contributed by atoms with van der Waals surface area (Å²) in [4.78, 5) is -0.295. The Morgan fingerprint density at radius 2 is 1.81 bits per heavy atom. The second-order valence-corrected chi connectivity index (χ2v) is 7.57. The predicted octanol–water partition coefficient (Wildman–Crippen LogP) is 4.37. The number of nitrogens with zero attached hydrogens (tertiary/aromatic N) is 2. The molecule has 26 heavy (non-hydrogen) atoms. The molecule has 0 spiro atoms. The number of alkyl halides is 3. The molecule has 0 bridgehead atoms. The molecule has 0 saturated carbocycles. The molecule has 0 radical (unpaired) electrons. The summed E-state index contributed by atoms with van der Waals surface area (Å²) in [7, 11) is -4.10. The third kappa shape index (κ3) is 3.49. The van der Waals surface area contributed by atoms with Gasteiger partial charge < -0.3 is 0 Å². The topological polar surface area (TPSA) is 63.5 Å². The van der Waals surface area contributed by atoms with Crippen LogP contribution in [0.5, 0.6) is 0 Å². The summed E-state index contributed by atoms with van der Waals surface area (Å²) in [5, 5.41) is 4.67. The van der Waals surface area contributed by atoms with E-state index >= 15 is 0 Å². The lowest BCUT2D eigenvalue weighted by Crippen LogP contribution is -2.16. The molecule has 0 fully saturated rings. The van der Waals surface area contributed by atoms with Gasteiger partial charge in [0.15, 0.2) is 0 Å². The van der Waals surface area contributed by atoms with E-state index in [4.69, 9.17) is 11.6 Å². The molecule has 3 aromatic rings. The number of aryl methyl sites for hydroxylation is 1. The van der Waals surface area contributed by atoms with Crippen LogP contribution in [-0.2, 0) is 22.6 Å². The van der Waals surface area contributed by atoms with Crippen molar-refractivity contribution in [2.24, 2.45) is 0 Å². The van der Waals surface area contributed by atoms with Crippen molar-refractivity contribution in [3.05, 3.63) is 58.7 Å². The molecule has 0 aliphatic heterocycles. The Hall–Kier alpha value is -2.26. The molecule has 0 aliphatic rings. The van der Waals surface area contributed by atoms with E-state index < -0.39 is 21.8 Å². The van der Waals surface area contributed by atoms with E-state index in [0.717, 1.165) is 24.3 Å². The number of hydrogen-bond donors (Lipinski definition) is 1. The maximum Gasteiger partial charge on any atom is 0.416 e. The Balaban J connectivity index is 1.99. The molecule has 0 amide bonds. The first kappa shape index (κ1) is 18.5. The third-order valence-electron chi connectivity index (χ3n) is 3.71. The Morgan fingerprint density at radius 3 is 2.38 bits per heavy atom. The molecule has 0 aliphatic carbocycles. The molecule has 2 heterocycles. The largest absolute Gasteiger partial charge is 0.416 e. The van der Waals surface area contributed by atoms with Crippen molar-refractivity contribution in [2.75, 3.05) is 4.72 Å². The van der Waals surface area contributed by atoms with Crippen LogP contribution in [0.15, 0.2) is 47.4 Å². The minimum Gasteiger partial charge on any atom is -0.263 e. The smallest absolute Gasteiger partial charge is 0.263 e. The van der Waals surface area contributed by atoms with E-state index in [0.29, 0.717) is 22.7 Å². The number of rotatable bonds is 4. The van der Waals surface area contributed by atoms with E-state index in [1.54, 1.807) is 6.07 Å². The van der Waals surface area contributed by atoms with Crippen LogP contribution in [0.25, 0.3) is 5.52 Å². The van der Waals surface area contributed by atoms with E-state index in [2.05, 4.69) is 9.82 Å². The summed E-state index contributed by atoms with van der Waals surface area (Å²) in [6.45, 7) is 1.89. The number of hydrogen-bond acceptors (Lipinski definition) is 3. The number of pyridine rings is 1. The average Bonchev–Trinajstić information content (AvgIpc) is 3.02. The van der Waals surface area contributed by atoms with Gasteiger partial charge in [-0.1, -0.05) is 18.5 Å². The van der Waals surface area contributed by atoms with Crippen LogP contribution in [0, 0.1) is 0 Å². The van der Waals surface area contributed by atoms with Gasteiger partial charge in [0.05, 0.1) is 26.7 Å². The minimum atomic E-state index is -4.54. The molecular formula is C16H13ClF3N3O2S. The van der Waals surface area contributed by atoms with Gasteiger partial charge in [-0.05, 0) is 48.9 Å². The summed E-state index contributed by atoms with van der Waals surface area (Å²) in [5.41, 5.74) is 0.314. The summed E-state index contributed by atoms with van der Waals surface area (Å²) >= 11 is 6.10. The highest BCUT2D eigenvalue weighted by molar-refractivity contribution is 7.92. The summed E-state index contributed by atoms with van der Waals surface area (Å²) < 4.78 is 66.6. The highest BCUT2D eigenvalue weighted by atomic mass is 35.5. The van der Waals surface area contributed by atoms with Gasteiger partial charge in [-0.2, -0.15) is 18.3 Å². The lowest BCUT2D eigenvalue weighted by atomic mass is 10.2. The number of fused-ring (bicyclic) bond motifs is 1. The third-order valence-corrected chi connectivity index (χ3v) is 5.40. The number of nitrogens with one attached hydrogen (secondary N) is 1. The first-order valence-electron chi connectivity index (χ1n) is 7.49. The molecule has 2 aromatic heterocycles. The fourth-order valence-electron chi connectivity index (χ4n) is 2.36. The highest BCUT2D eigenvalue weighted by Crippen LogP contribution is 2.30. The normalized spacial score (nSPS) is 12.5. The minimum absolute atomic E-state index is 0.129. The first-order chi connectivity index (χ1) is 12.1. The van der Waals surface area contributed by atoms with Crippen molar-refractivity contribution in [1.82, 2.24) is 9.61 Å². The standard InChI is InChI=1S/C16H13ClF3N3O2S/c1-2-11-9-14-13(17)7-8-15(23(14)21-11)22-26(24,25)12-5-3-10(4-6-12)16(18,19)20/h3-9,22H,2H2,1H3. The van der Waals surface area contributed by atoms with E-state index in [9.17, 15) is 21.6 Å². The van der Waals surface area contributed by atoms with Gasteiger partial charge >= 0.3 is 6.18 Å². The molecule has 5 nitrogen and oxygen atoms in total. The van der Waals surface area contributed by atoms with E-state index in [1.165, 1.54) is 16.6 Å². The van der Waals surface area contributed by atoms with E-state index in [-0.39, 0.29) is 10.7 Å². The number of halogens is 4.